The number of benzene rings is 1. The number of pyridine rings is 1. The first kappa shape index (κ1) is 20.2. The van der Waals surface area contributed by atoms with Gasteiger partial charge in [-0.3, -0.25) is 4.98 Å². The molecule has 30 heavy (non-hydrogen) atoms. The van der Waals surface area contributed by atoms with Gasteiger partial charge in [0.25, 0.3) is 0 Å². The van der Waals surface area contributed by atoms with Gasteiger partial charge in [-0.15, -0.1) is 0 Å². The van der Waals surface area contributed by atoms with Crippen molar-refractivity contribution in [2.75, 3.05) is 6.54 Å². The second kappa shape index (κ2) is 8.42. The Labute approximate surface area is 180 Å². The molecule has 160 valence electrons. The van der Waals surface area contributed by atoms with E-state index in [0.29, 0.717) is 11.5 Å². The third-order valence-corrected chi connectivity index (χ3v) is 8.35. The molecular weight excluding hydrogens is 371 g/mol. The summed E-state index contributed by atoms with van der Waals surface area (Å²) < 4.78 is 13.6. The number of nitrogens with one attached hydrogen (secondary N) is 1. The maximum Gasteiger partial charge on any atom is 0.141 e. The Balaban J connectivity index is 1.31. The molecule has 2 saturated carbocycles. The van der Waals surface area contributed by atoms with Gasteiger partial charge >= 0.3 is 0 Å². The van der Waals surface area contributed by atoms with Crippen molar-refractivity contribution >= 4 is 0 Å². The van der Waals surface area contributed by atoms with Gasteiger partial charge in [0.15, 0.2) is 0 Å². The standard InChI is InChI=1S/C27H35FN2/c28-23-9-10-25(30-19-23)27(14-6-13-26(20-27)11-4-1-5-12-26)15-16-29-24-17-21-7-2-3-8-22(21)18-24/h2-3,7-10,19,24,29H,1,4-6,11-18,20H2. The Morgan fingerprint density at radius 1 is 0.900 bits per heavy atom. The molecule has 1 spiro atoms. The molecule has 1 aromatic heterocycles. The number of fused-ring (bicyclic) bond motifs is 1. The first-order valence-electron chi connectivity index (χ1n) is 12.1. The molecule has 1 atom stereocenters. The van der Waals surface area contributed by atoms with Crippen molar-refractivity contribution in [3.05, 3.63) is 65.2 Å². The predicted molar refractivity (Wildman–Crippen MR) is 120 cm³/mol. The first-order chi connectivity index (χ1) is 14.7. The maximum atomic E-state index is 13.6. The summed E-state index contributed by atoms with van der Waals surface area (Å²) in [6, 6.07) is 13.0. The Morgan fingerprint density at radius 3 is 2.33 bits per heavy atom. The lowest BCUT2D eigenvalue weighted by molar-refractivity contribution is 0.0614. The number of aromatic nitrogens is 1. The first-order valence-corrected chi connectivity index (χ1v) is 12.1. The van der Waals surface area contributed by atoms with Crippen LogP contribution in [0.1, 0.15) is 81.0 Å². The van der Waals surface area contributed by atoms with E-state index in [0.717, 1.165) is 31.5 Å². The highest BCUT2D eigenvalue weighted by Crippen LogP contribution is 2.55. The smallest absolute Gasteiger partial charge is 0.141 e. The van der Waals surface area contributed by atoms with Crippen LogP contribution >= 0.6 is 0 Å². The van der Waals surface area contributed by atoms with E-state index >= 15 is 0 Å². The SMILES string of the molecule is Fc1ccc(C2(CCNC3Cc4ccccc4C3)CCCC3(CCCCC3)C2)nc1. The highest BCUT2D eigenvalue weighted by atomic mass is 19.1. The van der Waals surface area contributed by atoms with Gasteiger partial charge in [-0.2, -0.15) is 0 Å². The second-order valence-electron chi connectivity index (χ2n) is 10.3. The van der Waals surface area contributed by atoms with Crippen molar-refractivity contribution in [1.82, 2.24) is 10.3 Å². The molecule has 2 fully saturated rings. The summed E-state index contributed by atoms with van der Waals surface area (Å²) in [6.45, 7) is 1.02. The molecule has 1 heterocycles. The van der Waals surface area contributed by atoms with Crippen molar-refractivity contribution in [2.24, 2.45) is 5.41 Å². The Kier molecular flexibility index (Phi) is 5.66. The third kappa shape index (κ3) is 4.06. The molecule has 5 rings (SSSR count). The Morgan fingerprint density at radius 2 is 1.63 bits per heavy atom. The zero-order valence-electron chi connectivity index (χ0n) is 18.1. The fourth-order valence-corrected chi connectivity index (χ4v) is 6.89. The van der Waals surface area contributed by atoms with Crippen LogP contribution in [0.2, 0.25) is 0 Å². The number of halogens is 1. The molecule has 3 heteroatoms. The second-order valence-corrected chi connectivity index (χ2v) is 10.3. The lowest BCUT2D eigenvalue weighted by Crippen LogP contribution is -2.43. The zero-order valence-corrected chi connectivity index (χ0v) is 18.1. The summed E-state index contributed by atoms with van der Waals surface area (Å²) in [5, 5.41) is 3.87. The molecule has 0 radical (unpaired) electrons. The molecular formula is C27H35FN2. The van der Waals surface area contributed by atoms with Gasteiger partial charge in [0, 0.05) is 17.2 Å². The topological polar surface area (TPSA) is 24.9 Å². The van der Waals surface area contributed by atoms with Crippen molar-refractivity contribution < 1.29 is 4.39 Å². The van der Waals surface area contributed by atoms with Crippen LogP contribution in [0.4, 0.5) is 4.39 Å². The van der Waals surface area contributed by atoms with Crippen molar-refractivity contribution in [3.8, 4) is 0 Å². The van der Waals surface area contributed by atoms with Crippen LogP contribution in [-0.4, -0.2) is 17.6 Å². The highest BCUT2D eigenvalue weighted by Gasteiger charge is 2.46. The van der Waals surface area contributed by atoms with E-state index in [1.807, 2.05) is 6.07 Å². The van der Waals surface area contributed by atoms with E-state index in [-0.39, 0.29) is 11.2 Å². The van der Waals surface area contributed by atoms with Gasteiger partial charge in [0.1, 0.15) is 5.82 Å². The maximum absolute atomic E-state index is 13.6. The number of nitrogens with zero attached hydrogens (tertiary/aromatic N) is 1. The van der Waals surface area contributed by atoms with Gasteiger partial charge in [0.2, 0.25) is 0 Å². The summed E-state index contributed by atoms with van der Waals surface area (Å²) in [4.78, 5) is 4.63. The number of hydrogen-bond donors (Lipinski definition) is 1. The summed E-state index contributed by atoms with van der Waals surface area (Å²) in [5.41, 5.74) is 4.73. The van der Waals surface area contributed by atoms with Crippen molar-refractivity contribution in [1.29, 1.82) is 0 Å². The van der Waals surface area contributed by atoms with Gasteiger partial charge in [-0.25, -0.2) is 4.39 Å². The largest absolute Gasteiger partial charge is 0.313 e. The fraction of sp³-hybridized carbons (Fsp3) is 0.593. The summed E-state index contributed by atoms with van der Waals surface area (Å²) in [5.74, 6) is -0.223. The van der Waals surface area contributed by atoms with Crippen molar-refractivity contribution in [3.63, 3.8) is 0 Å². The molecule has 1 N–H and O–H groups in total. The summed E-state index contributed by atoms with van der Waals surface area (Å²) >= 11 is 0. The van der Waals surface area contributed by atoms with Gasteiger partial charge in [-0.1, -0.05) is 49.9 Å². The van der Waals surface area contributed by atoms with Crippen LogP contribution in [0.15, 0.2) is 42.6 Å². The molecule has 0 aliphatic heterocycles. The zero-order chi connectivity index (χ0) is 20.4. The monoisotopic (exact) mass is 406 g/mol. The number of rotatable bonds is 5. The average Bonchev–Trinajstić information content (AvgIpc) is 3.18. The fourth-order valence-electron chi connectivity index (χ4n) is 6.89. The Bertz CT molecular complexity index is 825. The lowest BCUT2D eigenvalue weighted by atomic mass is 9.55. The molecule has 1 unspecified atom stereocenters. The molecule has 3 aliphatic rings. The van der Waals surface area contributed by atoms with Crippen molar-refractivity contribution in [2.45, 2.75) is 88.5 Å². The third-order valence-electron chi connectivity index (χ3n) is 8.35. The van der Waals surface area contributed by atoms with E-state index < -0.39 is 0 Å². The van der Waals surface area contributed by atoms with E-state index in [9.17, 15) is 4.39 Å². The molecule has 0 bridgehead atoms. The molecule has 2 nitrogen and oxygen atoms in total. The van der Waals surface area contributed by atoms with Crippen LogP contribution in [0.3, 0.4) is 0 Å². The minimum Gasteiger partial charge on any atom is -0.313 e. The quantitative estimate of drug-likeness (QED) is 0.646. The molecule has 1 aromatic carbocycles. The molecule has 3 aliphatic carbocycles. The molecule has 2 aromatic rings. The summed E-state index contributed by atoms with van der Waals surface area (Å²) in [7, 11) is 0. The molecule has 0 amide bonds. The van der Waals surface area contributed by atoms with Crippen LogP contribution < -0.4 is 5.32 Å². The summed E-state index contributed by atoms with van der Waals surface area (Å²) in [6.07, 6.45) is 16.8. The lowest BCUT2D eigenvalue weighted by Gasteiger charge is -2.50. The van der Waals surface area contributed by atoms with Crippen LogP contribution in [0.5, 0.6) is 0 Å². The highest BCUT2D eigenvalue weighted by molar-refractivity contribution is 5.33. The molecule has 0 saturated heterocycles. The Hall–Kier alpha value is -1.74. The van der Waals surface area contributed by atoms with E-state index in [2.05, 4.69) is 34.6 Å². The van der Waals surface area contributed by atoms with Crippen LogP contribution in [0, 0.1) is 11.2 Å². The van der Waals surface area contributed by atoms with Crippen LogP contribution in [0.25, 0.3) is 0 Å². The van der Waals surface area contributed by atoms with Gasteiger partial charge in [-0.05, 0) is 86.6 Å². The van der Waals surface area contributed by atoms with Crippen LogP contribution in [-0.2, 0) is 18.3 Å². The van der Waals surface area contributed by atoms with E-state index in [1.54, 1.807) is 6.07 Å². The van der Waals surface area contributed by atoms with Gasteiger partial charge < -0.3 is 5.32 Å². The normalized spacial score (nSPS) is 26.0. The number of hydrogen-bond acceptors (Lipinski definition) is 2. The van der Waals surface area contributed by atoms with E-state index in [4.69, 9.17) is 0 Å². The average molecular weight is 407 g/mol. The minimum atomic E-state index is -0.223. The van der Waals surface area contributed by atoms with Gasteiger partial charge in [0.05, 0.1) is 6.20 Å². The van der Waals surface area contributed by atoms with E-state index in [1.165, 1.54) is 75.1 Å². The minimum absolute atomic E-state index is 0.0990. The predicted octanol–water partition coefficient (Wildman–Crippen LogP) is 6.13.